The van der Waals surface area contributed by atoms with Crippen molar-refractivity contribution >= 4 is 0 Å². The lowest BCUT2D eigenvalue weighted by Crippen LogP contribution is -2.01. The van der Waals surface area contributed by atoms with Crippen LogP contribution in [0.2, 0.25) is 0 Å². The van der Waals surface area contributed by atoms with E-state index in [4.69, 9.17) is 4.74 Å². The van der Waals surface area contributed by atoms with Crippen molar-refractivity contribution in [2.24, 2.45) is 0 Å². The molecule has 212 valence electrons. The summed E-state index contributed by atoms with van der Waals surface area (Å²) in [4.78, 5) is 0. The number of unbranched alkanes of at least 4 members (excludes halogenated alkanes) is 17. The summed E-state index contributed by atoms with van der Waals surface area (Å²) >= 11 is 0. The van der Waals surface area contributed by atoms with E-state index in [0.29, 0.717) is 0 Å². The summed E-state index contributed by atoms with van der Waals surface area (Å²) < 4.78 is 6.51. The Balaban J connectivity index is 1.26. The van der Waals surface area contributed by atoms with Crippen molar-refractivity contribution < 1.29 is 4.74 Å². The Morgan fingerprint density at radius 1 is 0.385 bits per heavy atom. The summed E-state index contributed by atoms with van der Waals surface area (Å²) in [5.41, 5.74) is 4.78. The number of rotatable bonds is 22. The van der Waals surface area contributed by atoms with E-state index in [1.807, 2.05) is 0 Å². The lowest BCUT2D eigenvalue weighted by molar-refractivity contribution is 0.306. The predicted octanol–water partition coefficient (Wildman–Crippen LogP) is 12.4. The van der Waals surface area contributed by atoms with E-state index in [2.05, 4.69) is 85.8 Å². The third-order valence-electron chi connectivity index (χ3n) is 7.93. The first-order chi connectivity index (χ1) is 19.4. The summed E-state index contributed by atoms with van der Waals surface area (Å²) in [6, 6.07) is 27.8. The van der Waals surface area contributed by atoms with Gasteiger partial charge in [-0.2, -0.15) is 0 Å². The topological polar surface area (TPSA) is 9.23 Å². The van der Waals surface area contributed by atoms with Crippen LogP contribution >= 0.6 is 0 Å². The molecule has 0 atom stereocenters. The van der Waals surface area contributed by atoms with Gasteiger partial charge < -0.3 is 4.74 Å². The zero-order chi connectivity index (χ0) is 27.2. The molecule has 3 aromatic rings. The zero-order valence-corrected chi connectivity index (χ0v) is 24.8. The van der Waals surface area contributed by atoms with Gasteiger partial charge in [-0.05, 0) is 17.5 Å². The van der Waals surface area contributed by atoms with Gasteiger partial charge in [-0.15, -0.1) is 0 Å². The van der Waals surface area contributed by atoms with Crippen LogP contribution in [0.15, 0.2) is 78.9 Å². The molecule has 0 saturated heterocycles. The van der Waals surface area contributed by atoms with E-state index >= 15 is 0 Å². The molecule has 0 saturated carbocycles. The van der Waals surface area contributed by atoms with Crippen molar-refractivity contribution in [1.29, 1.82) is 0 Å². The summed E-state index contributed by atoms with van der Waals surface area (Å²) in [7, 11) is 0. The van der Waals surface area contributed by atoms with E-state index in [9.17, 15) is 0 Å². The van der Waals surface area contributed by atoms with Gasteiger partial charge in [0.15, 0.2) is 0 Å². The molecule has 1 heteroatoms. The van der Waals surface area contributed by atoms with E-state index < -0.39 is 0 Å². The molecule has 0 fully saturated rings. The number of benzene rings is 3. The molecule has 1 nitrogen and oxygen atoms in total. The second-order valence-corrected chi connectivity index (χ2v) is 11.3. The van der Waals surface area contributed by atoms with Gasteiger partial charge in [0, 0.05) is 11.1 Å². The maximum absolute atomic E-state index is 6.51. The fourth-order valence-electron chi connectivity index (χ4n) is 5.56. The van der Waals surface area contributed by atoms with Crippen LogP contribution in [0.25, 0.3) is 22.3 Å². The molecule has 0 aromatic heterocycles. The predicted molar refractivity (Wildman–Crippen MR) is 172 cm³/mol. The highest BCUT2D eigenvalue weighted by Crippen LogP contribution is 2.39. The molecule has 0 bridgehead atoms. The number of para-hydroxylation sites is 1. The number of hydrogen-bond donors (Lipinski definition) is 0. The minimum atomic E-state index is 0.780. The maximum Gasteiger partial charge on any atom is 0.134 e. The first-order valence-electron chi connectivity index (χ1n) is 16.3. The molecule has 3 rings (SSSR count). The highest BCUT2D eigenvalue weighted by Gasteiger charge is 2.13. The van der Waals surface area contributed by atoms with Crippen LogP contribution in [0, 0.1) is 0 Å². The van der Waals surface area contributed by atoms with Crippen molar-refractivity contribution in [3.05, 3.63) is 78.9 Å². The molecule has 3 aromatic carbocycles. The Kier molecular flexibility index (Phi) is 16.2. The molecule has 0 aliphatic carbocycles. The standard InChI is InChI=1S/C38H54O/c1-2-3-4-5-6-7-8-9-10-11-12-13-14-15-16-17-18-25-33-39-38-36(34-27-21-19-22-28-34)31-26-32-37(38)35-29-23-20-24-30-35/h19-24,26-32H,2-18,25,33H2,1H3. The zero-order valence-electron chi connectivity index (χ0n) is 24.8. The van der Waals surface area contributed by atoms with Crippen LogP contribution in [-0.2, 0) is 0 Å². The molecule has 0 radical (unpaired) electrons. The van der Waals surface area contributed by atoms with Crippen LogP contribution in [0.5, 0.6) is 5.75 Å². The molecule has 0 unspecified atom stereocenters. The second kappa shape index (κ2) is 20.4. The molecule has 0 aliphatic heterocycles. The smallest absolute Gasteiger partial charge is 0.134 e. The largest absolute Gasteiger partial charge is 0.492 e. The van der Waals surface area contributed by atoms with Crippen LogP contribution in [0.1, 0.15) is 122 Å². The third kappa shape index (κ3) is 12.5. The number of ether oxygens (including phenoxy) is 1. The van der Waals surface area contributed by atoms with Gasteiger partial charge in [-0.1, -0.05) is 195 Å². The second-order valence-electron chi connectivity index (χ2n) is 11.3. The van der Waals surface area contributed by atoms with E-state index in [0.717, 1.165) is 18.8 Å². The Labute approximate surface area is 240 Å². The molecule has 0 spiro atoms. The molecule has 39 heavy (non-hydrogen) atoms. The Morgan fingerprint density at radius 2 is 0.744 bits per heavy atom. The Morgan fingerprint density at radius 3 is 1.13 bits per heavy atom. The van der Waals surface area contributed by atoms with E-state index in [-0.39, 0.29) is 0 Å². The third-order valence-corrected chi connectivity index (χ3v) is 7.93. The molecular weight excluding hydrogens is 472 g/mol. The van der Waals surface area contributed by atoms with Crippen molar-refractivity contribution in [3.8, 4) is 28.0 Å². The summed E-state index contributed by atoms with van der Waals surface area (Å²) in [5.74, 6) is 1.02. The van der Waals surface area contributed by atoms with Crippen molar-refractivity contribution in [2.45, 2.75) is 122 Å². The molecule has 0 heterocycles. The normalized spacial score (nSPS) is 11.1. The van der Waals surface area contributed by atoms with Gasteiger partial charge in [0.2, 0.25) is 0 Å². The fourth-order valence-corrected chi connectivity index (χ4v) is 5.56. The van der Waals surface area contributed by atoms with Crippen LogP contribution < -0.4 is 4.74 Å². The lowest BCUT2D eigenvalue weighted by atomic mass is 9.97. The first kappa shape index (κ1) is 31.0. The van der Waals surface area contributed by atoms with Crippen LogP contribution in [0.4, 0.5) is 0 Å². The average Bonchev–Trinajstić information content (AvgIpc) is 2.99. The molecule has 0 N–H and O–H groups in total. The number of hydrogen-bond acceptors (Lipinski definition) is 1. The minimum Gasteiger partial charge on any atom is -0.492 e. The van der Waals surface area contributed by atoms with E-state index in [1.165, 1.54) is 131 Å². The van der Waals surface area contributed by atoms with Gasteiger partial charge in [-0.25, -0.2) is 0 Å². The molecule has 0 aliphatic rings. The van der Waals surface area contributed by atoms with Crippen LogP contribution in [0.3, 0.4) is 0 Å². The monoisotopic (exact) mass is 526 g/mol. The highest BCUT2D eigenvalue weighted by molar-refractivity contribution is 5.82. The van der Waals surface area contributed by atoms with Crippen LogP contribution in [-0.4, -0.2) is 6.61 Å². The SMILES string of the molecule is CCCCCCCCCCCCCCCCCCCCOc1c(-c2ccccc2)cccc1-c1ccccc1. The van der Waals surface area contributed by atoms with E-state index in [1.54, 1.807) is 0 Å². The summed E-state index contributed by atoms with van der Waals surface area (Å²) in [6.45, 7) is 3.08. The highest BCUT2D eigenvalue weighted by atomic mass is 16.5. The minimum absolute atomic E-state index is 0.780. The Bertz CT molecular complexity index is 920. The molecule has 0 amide bonds. The van der Waals surface area contributed by atoms with Gasteiger partial charge in [0.1, 0.15) is 5.75 Å². The maximum atomic E-state index is 6.51. The fraction of sp³-hybridized carbons (Fsp3) is 0.526. The van der Waals surface area contributed by atoms with Crippen molar-refractivity contribution in [3.63, 3.8) is 0 Å². The molecular formula is C38H54O. The Hall–Kier alpha value is -2.54. The summed E-state index contributed by atoms with van der Waals surface area (Å²) in [5, 5.41) is 0. The van der Waals surface area contributed by atoms with Gasteiger partial charge >= 0.3 is 0 Å². The first-order valence-corrected chi connectivity index (χ1v) is 16.3. The lowest BCUT2D eigenvalue weighted by Gasteiger charge is -2.17. The average molecular weight is 527 g/mol. The summed E-state index contributed by atoms with van der Waals surface area (Å²) in [6.07, 6.45) is 25.2. The van der Waals surface area contributed by atoms with Crippen molar-refractivity contribution in [2.75, 3.05) is 6.61 Å². The van der Waals surface area contributed by atoms with Gasteiger partial charge in [0.25, 0.3) is 0 Å². The quantitative estimate of drug-likeness (QED) is 0.118. The van der Waals surface area contributed by atoms with Gasteiger partial charge in [-0.3, -0.25) is 0 Å². The van der Waals surface area contributed by atoms with Gasteiger partial charge in [0.05, 0.1) is 6.61 Å². The van der Waals surface area contributed by atoms with Crippen molar-refractivity contribution in [1.82, 2.24) is 0 Å².